The Labute approximate surface area is 92.9 Å². The number of halogens is 1. The molecule has 0 bridgehead atoms. The highest BCUT2D eigenvalue weighted by atomic mass is 19.1. The van der Waals surface area contributed by atoms with Gasteiger partial charge in [-0.15, -0.1) is 0 Å². The van der Waals surface area contributed by atoms with Crippen molar-refractivity contribution in [2.45, 2.75) is 19.3 Å². The molecular formula is C12H13FO3. The van der Waals surface area contributed by atoms with Crippen LogP contribution in [0.25, 0.3) is 0 Å². The monoisotopic (exact) mass is 224 g/mol. The summed E-state index contributed by atoms with van der Waals surface area (Å²) in [5.74, 6) is -0.696. The van der Waals surface area contributed by atoms with E-state index >= 15 is 0 Å². The Morgan fingerprint density at radius 1 is 1.44 bits per heavy atom. The first kappa shape index (κ1) is 10.9. The highest BCUT2D eigenvalue weighted by Crippen LogP contribution is 2.32. The first-order valence-corrected chi connectivity index (χ1v) is 5.32. The van der Waals surface area contributed by atoms with E-state index in [2.05, 4.69) is 0 Å². The topological polar surface area (TPSA) is 46.5 Å². The third-order valence-corrected chi connectivity index (χ3v) is 2.61. The van der Waals surface area contributed by atoms with Gasteiger partial charge in [-0.2, -0.15) is 0 Å². The second-order valence-electron chi connectivity index (χ2n) is 4.06. The minimum atomic E-state index is -1.15. The zero-order valence-corrected chi connectivity index (χ0v) is 8.78. The molecule has 1 aromatic carbocycles. The molecule has 0 spiro atoms. The van der Waals surface area contributed by atoms with Crippen LogP contribution in [0.2, 0.25) is 0 Å². The van der Waals surface area contributed by atoms with Crippen LogP contribution in [-0.4, -0.2) is 17.7 Å². The van der Waals surface area contributed by atoms with E-state index in [4.69, 9.17) is 9.84 Å². The molecule has 0 radical (unpaired) electrons. The zero-order valence-electron chi connectivity index (χ0n) is 8.78. The summed E-state index contributed by atoms with van der Waals surface area (Å²) in [6, 6.07) is 3.54. The van der Waals surface area contributed by atoms with E-state index in [1.807, 2.05) is 0 Å². The average Bonchev–Trinajstić information content (AvgIpc) is 3.01. The highest BCUT2D eigenvalue weighted by molar-refractivity contribution is 5.88. The third kappa shape index (κ3) is 2.95. The summed E-state index contributed by atoms with van der Waals surface area (Å²) in [5, 5.41) is 8.74. The van der Waals surface area contributed by atoms with Crippen LogP contribution in [0.15, 0.2) is 18.2 Å². The Morgan fingerprint density at radius 3 is 2.81 bits per heavy atom. The van der Waals surface area contributed by atoms with Crippen LogP contribution in [0.3, 0.4) is 0 Å². The molecule has 16 heavy (non-hydrogen) atoms. The second-order valence-corrected chi connectivity index (χ2v) is 4.06. The van der Waals surface area contributed by atoms with Gasteiger partial charge in [-0.1, -0.05) is 12.8 Å². The predicted molar refractivity (Wildman–Crippen MR) is 56.2 cm³/mol. The number of benzene rings is 1. The van der Waals surface area contributed by atoms with Crippen molar-refractivity contribution in [3.05, 3.63) is 29.6 Å². The Kier molecular flexibility index (Phi) is 3.08. The van der Waals surface area contributed by atoms with Gasteiger partial charge >= 0.3 is 5.97 Å². The Balaban J connectivity index is 1.98. The van der Waals surface area contributed by atoms with Crippen LogP contribution < -0.4 is 4.74 Å². The molecule has 0 unspecified atom stereocenters. The maximum Gasteiger partial charge on any atom is 0.335 e. The van der Waals surface area contributed by atoms with Crippen molar-refractivity contribution in [2.75, 3.05) is 6.61 Å². The number of carboxylic acid groups (broad SMARTS) is 1. The molecule has 0 heterocycles. The maximum atomic E-state index is 13.0. The lowest BCUT2D eigenvalue weighted by molar-refractivity contribution is 0.0695. The van der Waals surface area contributed by atoms with Crippen molar-refractivity contribution in [2.24, 2.45) is 5.92 Å². The lowest BCUT2D eigenvalue weighted by Crippen LogP contribution is -2.02. The average molecular weight is 224 g/mol. The molecular weight excluding hydrogens is 211 g/mol. The van der Waals surface area contributed by atoms with Gasteiger partial charge in [-0.05, 0) is 24.5 Å². The SMILES string of the molecule is O=C(O)c1cc(F)cc(OCCC2CC2)c1. The smallest absolute Gasteiger partial charge is 0.335 e. The number of ether oxygens (including phenoxy) is 1. The fourth-order valence-electron chi connectivity index (χ4n) is 1.52. The van der Waals surface area contributed by atoms with Crippen LogP contribution in [-0.2, 0) is 0 Å². The van der Waals surface area contributed by atoms with E-state index in [1.54, 1.807) is 0 Å². The molecule has 1 aromatic rings. The van der Waals surface area contributed by atoms with Crippen molar-refractivity contribution in [1.29, 1.82) is 0 Å². The molecule has 0 amide bonds. The number of rotatable bonds is 5. The summed E-state index contributed by atoms with van der Waals surface area (Å²) >= 11 is 0. The van der Waals surface area contributed by atoms with E-state index in [-0.39, 0.29) is 11.3 Å². The molecule has 1 N–H and O–H groups in total. The van der Waals surface area contributed by atoms with Gasteiger partial charge in [0.15, 0.2) is 0 Å². The van der Waals surface area contributed by atoms with Crippen LogP contribution in [0.1, 0.15) is 29.6 Å². The third-order valence-electron chi connectivity index (χ3n) is 2.61. The Morgan fingerprint density at radius 2 is 2.19 bits per heavy atom. The molecule has 0 atom stereocenters. The Hall–Kier alpha value is -1.58. The van der Waals surface area contributed by atoms with Crippen molar-refractivity contribution < 1.29 is 19.0 Å². The van der Waals surface area contributed by atoms with Gasteiger partial charge in [-0.25, -0.2) is 9.18 Å². The lowest BCUT2D eigenvalue weighted by atomic mass is 10.2. The van der Waals surface area contributed by atoms with Crippen LogP contribution in [0, 0.1) is 11.7 Å². The summed E-state index contributed by atoms with van der Waals surface area (Å²) < 4.78 is 18.4. The molecule has 0 saturated heterocycles. The largest absolute Gasteiger partial charge is 0.493 e. The van der Waals surface area contributed by atoms with Crippen LogP contribution >= 0.6 is 0 Å². The van der Waals surface area contributed by atoms with Crippen molar-refractivity contribution in [3.8, 4) is 5.75 Å². The quantitative estimate of drug-likeness (QED) is 0.836. The van der Waals surface area contributed by atoms with Crippen LogP contribution in [0.4, 0.5) is 4.39 Å². The second kappa shape index (κ2) is 4.51. The van der Waals surface area contributed by atoms with Gasteiger partial charge < -0.3 is 9.84 Å². The molecule has 0 aliphatic heterocycles. The summed E-state index contributed by atoms with van der Waals surface area (Å²) in [5.41, 5.74) is -0.0820. The molecule has 1 aliphatic carbocycles. The van der Waals surface area contributed by atoms with E-state index in [1.165, 1.54) is 25.0 Å². The van der Waals surface area contributed by atoms with Gasteiger partial charge in [0, 0.05) is 6.07 Å². The zero-order chi connectivity index (χ0) is 11.5. The first-order chi connectivity index (χ1) is 7.65. The highest BCUT2D eigenvalue weighted by Gasteiger charge is 2.20. The number of carboxylic acids is 1. The van der Waals surface area contributed by atoms with Crippen molar-refractivity contribution >= 4 is 5.97 Å². The van der Waals surface area contributed by atoms with E-state index in [0.29, 0.717) is 6.61 Å². The number of carbonyl (C=O) groups is 1. The summed E-state index contributed by atoms with van der Waals surface area (Å²) in [4.78, 5) is 10.7. The van der Waals surface area contributed by atoms with Crippen molar-refractivity contribution in [1.82, 2.24) is 0 Å². The molecule has 2 rings (SSSR count). The van der Waals surface area contributed by atoms with Gasteiger partial charge in [-0.3, -0.25) is 0 Å². The molecule has 3 nitrogen and oxygen atoms in total. The molecule has 86 valence electrons. The predicted octanol–water partition coefficient (Wildman–Crippen LogP) is 2.70. The first-order valence-electron chi connectivity index (χ1n) is 5.32. The van der Waals surface area contributed by atoms with Gasteiger partial charge in [0.25, 0.3) is 0 Å². The lowest BCUT2D eigenvalue weighted by Gasteiger charge is -2.06. The van der Waals surface area contributed by atoms with E-state index in [9.17, 15) is 9.18 Å². The van der Waals surface area contributed by atoms with Crippen molar-refractivity contribution in [3.63, 3.8) is 0 Å². The van der Waals surface area contributed by atoms with Gasteiger partial charge in [0.05, 0.1) is 12.2 Å². The standard InChI is InChI=1S/C12H13FO3/c13-10-5-9(12(14)15)6-11(7-10)16-4-3-8-1-2-8/h5-8H,1-4H2,(H,14,15). The van der Waals surface area contributed by atoms with Gasteiger partial charge in [0.2, 0.25) is 0 Å². The normalized spacial score (nSPS) is 14.8. The number of hydrogen-bond donors (Lipinski definition) is 1. The molecule has 1 aliphatic rings. The number of hydrogen-bond acceptors (Lipinski definition) is 2. The minimum absolute atomic E-state index is 0.0820. The molecule has 0 aromatic heterocycles. The summed E-state index contributed by atoms with van der Waals surface area (Å²) in [6.07, 6.45) is 3.44. The fraction of sp³-hybridized carbons (Fsp3) is 0.417. The van der Waals surface area contributed by atoms with E-state index < -0.39 is 11.8 Å². The minimum Gasteiger partial charge on any atom is -0.493 e. The fourth-order valence-corrected chi connectivity index (χ4v) is 1.52. The molecule has 1 fully saturated rings. The van der Waals surface area contributed by atoms with Gasteiger partial charge in [0.1, 0.15) is 11.6 Å². The summed E-state index contributed by atoms with van der Waals surface area (Å²) in [6.45, 7) is 0.521. The van der Waals surface area contributed by atoms with Crippen LogP contribution in [0.5, 0.6) is 5.75 Å². The number of aromatic carboxylic acids is 1. The maximum absolute atomic E-state index is 13.0. The summed E-state index contributed by atoms with van der Waals surface area (Å²) in [7, 11) is 0. The Bertz CT molecular complexity index is 399. The molecule has 4 heteroatoms. The molecule has 1 saturated carbocycles. The van der Waals surface area contributed by atoms with E-state index in [0.717, 1.165) is 18.4 Å².